The molecule has 1 aliphatic rings. The number of nitrogens with zero attached hydrogens (tertiary/aromatic N) is 1. The molecule has 0 saturated heterocycles. The summed E-state index contributed by atoms with van der Waals surface area (Å²) in [6.45, 7) is 0.771. The summed E-state index contributed by atoms with van der Waals surface area (Å²) in [5, 5.41) is 10.9. The zero-order valence-electron chi connectivity index (χ0n) is 12.2. The third-order valence-corrected chi connectivity index (χ3v) is 4.26. The van der Waals surface area contributed by atoms with Crippen molar-refractivity contribution in [1.29, 1.82) is 0 Å². The Morgan fingerprint density at radius 1 is 1.30 bits per heavy atom. The molecule has 1 fully saturated rings. The van der Waals surface area contributed by atoms with Crippen LogP contribution >= 0.6 is 0 Å². The van der Waals surface area contributed by atoms with Crippen LogP contribution < -0.4 is 0 Å². The number of hydrogen-bond acceptors (Lipinski definition) is 2. The molecule has 1 aromatic carbocycles. The third kappa shape index (κ3) is 3.55. The Bertz CT molecular complexity index is 464. The van der Waals surface area contributed by atoms with E-state index in [1.165, 1.54) is 6.07 Å². The molecule has 4 heteroatoms. The first-order valence-electron chi connectivity index (χ1n) is 7.22. The van der Waals surface area contributed by atoms with E-state index in [2.05, 4.69) is 0 Å². The lowest BCUT2D eigenvalue weighted by Crippen LogP contribution is -2.47. The molecule has 20 heavy (non-hydrogen) atoms. The molecule has 2 atom stereocenters. The Labute approximate surface area is 119 Å². The van der Waals surface area contributed by atoms with Gasteiger partial charge >= 0.3 is 0 Å². The number of rotatable bonds is 4. The van der Waals surface area contributed by atoms with Crippen LogP contribution in [0.5, 0.6) is 0 Å². The number of hydrogen-bond donors (Lipinski definition) is 1. The van der Waals surface area contributed by atoms with Gasteiger partial charge in [-0.2, -0.15) is 0 Å². The summed E-state index contributed by atoms with van der Waals surface area (Å²) in [7, 11) is 3.94. The van der Waals surface area contributed by atoms with Crippen LogP contribution in [-0.2, 0) is 6.42 Å². The summed E-state index contributed by atoms with van der Waals surface area (Å²) in [5.41, 5.74) is -0.657. The molecule has 0 heterocycles. The van der Waals surface area contributed by atoms with Crippen molar-refractivity contribution in [3.63, 3.8) is 0 Å². The van der Waals surface area contributed by atoms with E-state index >= 15 is 0 Å². The molecule has 0 aromatic heterocycles. The van der Waals surface area contributed by atoms with Crippen molar-refractivity contribution in [1.82, 2.24) is 4.90 Å². The van der Waals surface area contributed by atoms with Crippen molar-refractivity contribution in [3.05, 3.63) is 35.4 Å². The minimum absolute atomic E-state index is 0.105. The van der Waals surface area contributed by atoms with Crippen molar-refractivity contribution >= 4 is 0 Å². The number of benzene rings is 1. The van der Waals surface area contributed by atoms with Gasteiger partial charge in [0.25, 0.3) is 0 Å². The van der Waals surface area contributed by atoms with Crippen LogP contribution in [0.2, 0.25) is 0 Å². The maximum Gasteiger partial charge on any atom is 0.126 e. The Hall–Kier alpha value is -1.00. The Balaban J connectivity index is 2.20. The van der Waals surface area contributed by atoms with E-state index in [1.807, 2.05) is 19.0 Å². The molecule has 0 radical (unpaired) electrons. The molecule has 0 amide bonds. The van der Waals surface area contributed by atoms with Gasteiger partial charge in [-0.1, -0.05) is 12.8 Å². The number of aliphatic hydroxyl groups is 1. The van der Waals surface area contributed by atoms with Gasteiger partial charge in [0, 0.05) is 18.9 Å². The second kappa shape index (κ2) is 6.19. The predicted octanol–water partition coefficient (Wildman–Crippen LogP) is 2.99. The first-order valence-corrected chi connectivity index (χ1v) is 7.22. The monoisotopic (exact) mass is 283 g/mol. The minimum atomic E-state index is -0.933. The zero-order chi connectivity index (χ0) is 14.8. The summed E-state index contributed by atoms with van der Waals surface area (Å²) in [5.74, 6) is -0.784. The van der Waals surface area contributed by atoms with Crippen LogP contribution in [0, 0.1) is 17.6 Å². The molecule has 1 aromatic rings. The molecule has 1 aliphatic carbocycles. The highest BCUT2D eigenvalue weighted by molar-refractivity contribution is 5.21. The normalized spacial score (nSPS) is 27.0. The summed E-state index contributed by atoms with van der Waals surface area (Å²) in [6.07, 6.45) is 3.81. The summed E-state index contributed by atoms with van der Waals surface area (Å²) in [6, 6.07) is 3.45. The molecule has 0 aliphatic heterocycles. The Morgan fingerprint density at radius 2 is 2.05 bits per heavy atom. The zero-order valence-corrected chi connectivity index (χ0v) is 12.2. The van der Waals surface area contributed by atoms with Gasteiger partial charge in [0.2, 0.25) is 0 Å². The van der Waals surface area contributed by atoms with E-state index in [-0.39, 0.29) is 17.9 Å². The molecule has 0 bridgehead atoms. The Kier molecular flexibility index (Phi) is 4.76. The van der Waals surface area contributed by atoms with E-state index in [0.717, 1.165) is 37.9 Å². The van der Waals surface area contributed by atoms with Gasteiger partial charge in [0.1, 0.15) is 11.6 Å². The smallest absolute Gasteiger partial charge is 0.126 e. The highest BCUT2D eigenvalue weighted by Crippen LogP contribution is 2.37. The fraction of sp³-hybridized carbons (Fsp3) is 0.625. The first-order chi connectivity index (χ1) is 9.40. The second-order valence-corrected chi connectivity index (χ2v) is 6.22. The molecule has 0 spiro atoms. The first kappa shape index (κ1) is 15.4. The summed E-state index contributed by atoms with van der Waals surface area (Å²) >= 11 is 0. The summed E-state index contributed by atoms with van der Waals surface area (Å²) < 4.78 is 27.1. The van der Waals surface area contributed by atoms with Gasteiger partial charge in [-0.15, -0.1) is 0 Å². The van der Waals surface area contributed by atoms with Crippen molar-refractivity contribution in [2.45, 2.75) is 37.7 Å². The molecule has 2 rings (SSSR count). The standard InChI is InChI=1S/C16H23F2NO/c1-19(2)11-13-5-3-4-8-16(13,20)10-12-9-14(17)6-7-15(12)18/h6-7,9,13,20H,3-5,8,10-11H2,1-2H3/t13-,16+/m1/s1. The quantitative estimate of drug-likeness (QED) is 0.918. The summed E-state index contributed by atoms with van der Waals surface area (Å²) in [4.78, 5) is 2.04. The molecular formula is C16H23F2NO. The topological polar surface area (TPSA) is 23.5 Å². The van der Waals surface area contributed by atoms with Gasteiger partial charge in [-0.05, 0) is 50.7 Å². The SMILES string of the molecule is CN(C)C[C@H]1CCCC[C@]1(O)Cc1cc(F)ccc1F. The van der Waals surface area contributed by atoms with Crippen LogP contribution in [0.15, 0.2) is 18.2 Å². The minimum Gasteiger partial charge on any atom is -0.389 e. The average molecular weight is 283 g/mol. The fourth-order valence-corrected chi connectivity index (χ4v) is 3.24. The van der Waals surface area contributed by atoms with E-state index in [9.17, 15) is 13.9 Å². The van der Waals surface area contributed by atoms with E-state index in [0.29, 0.717) is 6.42 Å². The van der Waals surface area contributed by atoms with E-state index < -0.39 is 17.2 Å². The molecule has 1 saturated carbocycles. The predicted molar refractivity (Wildman–Crippen MR) is 75.5 cm³/mol. The highest BCUT2D eigenvalue weighted by atomic mass is 19.1. The lowest BCUT2D eigenvalue weighted by Gasteiger charge is -2.41. The van der Waals surface area contributed by atoms with Crippen molar-refractivity contribution < 1.29 is 13.9 Å². The van der Waals surface area contributed by atoms with Gasteiger partial charge < -0.3 is 10.0 Å². The maximum atomic E-state index is 13.8. The highest BCUT2D eigenvalue weighted by Gasteiger charge is 2.39. The van der Waals surface area contributed by atoms with Crippen LogP contribution in [0.4, 0.5) is 8.78 Å². The largest absolute Gasteiger partial charge is 0.389 e. The lowest BCUT2D eigenvalue weighted by molar-refractivity contribution is -0.0558. The molecular weight excluding hydrogens is 260 g/mol. The molecule has 112 valence electrons. The van der Waals surface area contributed by atoms with Crippen LogP contribution in [0.3, 0.4) is 0 Å². The van der Waals surface area contributed by atoms with Crippen molar-refractivity contribution in [2.24, 2.45) is 5.92 Å². The molecule has 1 N–H and O–H groups in total. The second-order valence-electron chi connectivity index (χ2n) is 6.22. The van der Waals surface area contributed by atoms with E-state index in [1.54, 1.807) is 0 Å². The van der Waals surface area contributed by atoms with Gasteiger partial charge in [0.05, 0.1) is 5.60 Å². The van der Waals surface area contributed by atoms with Gasteiger partial charge in [-0.3, -0.25) is 0 Å². The van der Waals surface area contributed by atoms with Crippen molar-refractivity contribution in [3.8, 4) is 0 Å². The Morgan fingerprint density at radius 3 is 2.75 bits per heavy atom. The van der Waals surface area contributed by atoms with Crippen LogP contribution in [-0.4, -0.2) is 36.2 Å². The average Bonchev–Trinajstić information content (AvgIpc) is 2.36. The van der Waals surface area contributed by atoms with Crippen LogP contribution in [0.1, 0.15) is 31.2 Å². The maximum absolute atomic E-state index is 13.8. The fourth-order valence-electron chi connectivity index (χ4n) is 3.24. The van der Waals surface area contributed by atoms with Gasteiger partial charge in [0.15, 0.2) is 0 Å². The lowest BCUT2D eigenvalue weighted by atomic mass is 9.72. The van der Waals surface area contributed by atoms with Gasteiger partial charge in [-0.25, -0.2) is 8.78 Å². The molecule has 0 unspecified atom stereocenters. The molecule has 2 nitrogen and oxygen atoms in total. The number of halogens is 2. The van der Waals surface area contributed by atoms with E-state index in [4.69, 9.17) is 0 Å². The van der Waals surface area contributed by atoms with Crippen molar-refractivity contribution in [2.75, 3.05) is 20.6 Å². The third-order valence-electron chi connectivity index (χ3n) is 4.26. The van der Waals surface area contributed by atoms with Crippen LogP contribution in [0.25, 0.3) is 0 Å².